The maximum atomic E-state index is 12.8. The van der Waals surface area contributed by atoms with Crippen LogP contribution in [0.15, 0.2) is 46.8 Å². The Balaban J connectivity index is 1.31. The lowest BCUT2D eigenvalue weighted by molar-refractivity contribution is -0.129. The van der Waals surface area contributed by atoms with Crippen LogP contribution in [0, 0.1) is 0 Å². The zero-order chi connectivity index (χ0) is 20.9. The molecule has 1 saturated heterocycles. The van der Waals surface area contributed by atoms with Crippen LogP contribution in [0.2, 0.25) is 5.15 Å². The fourth-order valence-corrected chi connectivity index (χ4v) is 6.28. The summed E-state index contributed by atoms with van der Waals surface area (Å²) in [5.74, 6) is -0.243. The van der Waals surface area contributed by atoms with Crippen LogP contribution in [0.5, 0.6) is 0 Å². The van der Waals surface area contributed by atoms with Gasteiger partial charge < -0.3 is 9.88 Å². The molecule has 1 fully saturated rings. The second-order valence-electron chi connectivity index (χ2n) is 7.04. The summed E-state index contributed by atoms with van der Waals surface area (Å²) in [7, 11) is -3.85. The number of likely N-dealkylation sites (tertiary alicyclic amines) is 1. The number of thiophene rings is 1. The predicted octanol–water partition coefficient (Wildman–Crippen LogP) is 2.91. The maximum Gasteiger partial charge on any atom is 0.250 e. The van der Waals surface area contributed by atoms with E-state index in [1.807, 2.05) is 18.2 Å². The Hall–Kier alpha value is -2.53. The molecule has 0 unspecified atom stereocenters. The van der Waals surface area contributed by atoms with Crippen molar-refractivity contribution >= 4 is 60.1 Å². The molecule has 30 heavy (non-hydrogen) atoms. The van der Waals surface area contributed by atoms with E-state index in [4.69, 9.17) is 11.6 Å². The van der Waals surface area contributed by atoms with Crippen LogP contribution < -0.4 is 4.72 Å². The van der Waals surface area contributed by atoms with Crippen molar-refractivity contribution in [1.29, 1.82) is 0 Å². The molecule has 0 aliphatic carbocycles. The molecule has 8 nitrogen and oxygen atoms in total. The van der Waals surface area contributed by atoms with Gasteiger partial charge in [-0.15, -0.1) is 11.3 Å². The summed E-state index contributed by atoms with van der Waals surface area (Å²) in [5, 5.41) is 0.297. The molecule has 1 aliphatic heterocycles. The van der Waals surface area contributed by atoms with Crippen LogP contribution in [-0.2, 0) is 21.4 Å². The molecule has 0 aromatic carbocycles. The topological polar surface area (TPSA) is 108 Å². The van der Waals surface area contributed by atoms with E-state index in [1.54, 1.807) is 23.2 Å². The molecular weight excluding hydrogens is 446 g/mol. The van der Waals surface area contributed by atoms with Gasteiger partial charge in [0.1, 0.15) is 15.4 Å². The molecule has 11 heteroatoms. The van der Waals surface area contributed by atoms with E-state index in [9.17, 15) is 13.2 Å². The Bertz CT molecular complexity index is 1350. The first-order valence-electron chi connectivity index (χ1n) is 9.19. The van der Waals surface area contributed by atoms with Crippen molar-refractivity contribution in [3.63, 3.8) is 0 Å². The SMILES string of the molecule is O=C1[C@@H](NS(=O)(=O)c2cc3nc(Cl)ccc3s2)CCN1Cc1cc2ncccc2[nH]1. The van der Waals surface area contributed by atoms with Crippen molar-refractivity contribution in [2.24, 2.45) is 0 Å². The minimum atomic E-state index is -3.85. The normalized spacial score (nSPS) is 17.4. The minimum Gasteiger partial charge on any atom is -0.356 e. The van der Waals surface area contributed by atoms with Gasteiger partial charge in [0.15, 0.2) is 0 Å². The Labute approximate surface area is 180 Å². The largest absolute Gasteiger partial charge is 0.356 e. The van der Waals surface area contributed by atoms with Gasteiger partial charge in [-0.1, -0.05) is 11.6 Å². The molecular formula is C19H16ClN5O3S2. The Morgan fingerprint density at radius 1 is 1.27 bits per heavy atom. The lowest BCUT2D eigenvalue weighted by Gasteiger charge is -2.16. The number of carbonyl (C=O) groups excluding carboxylic acids is 1. The van der Waals surface area contributed by atoms with E-state index in [0.717, 1.165) is 28.1 Å². The predicted molar refractivity (Wildman–Crippen MR) is 115 cm³/mol. The second kappa shape index (κ2) is 7.31. The van der Waals surface area contributed by atoms with Crippen LogP contribution in [-0.4, -0.2) is 46.8 Å². The van der Waals surface area contributed by atoms with Crippen LogP contribution in [0.3, 0.4) is 0 Å². The summed E-state index contributed by atoms with van der Waals surface area (Å²) in [6.07, 6.45) is 2.12. The Morgan fingerprint density at radius 3 is 2.97 bits per heavy atom. The molecule has 0 bridgehead atoms. The third-order valence-electron chi connectivity index (χ3n) is 4.98. The van der Waals surface area contributed by atoms with Crippen molar-refractivity contribution in [3.8, 4) is 0 Å². The summed E-state index contributed by atoms with van der Waals surface area (Å²) in [5.41, 5.74) is 3.09. The second-order valence-corrected chi connectivity index (χ2v) is 10.4. The van der Waals surface area contributed by atoms with Crippen molar-refractivity contribution in [2.75, 3.05) is 6.54 Å². The molecule has 2 N–H and O–H groups in total. The summed E-state index contributed by atoms with van der Waals surface area (Å²) in [6.45, 7) is 0.844. The molecule has 0 spiro atoms. The van der Waals surface area contributed by atoms with Gasteiger partial charge in [0.2, 0.25) is 5.91 Å². The molecule has 0 radical (unpaired) electrons. The fourth-order valence-electron chi connectivity index (χ4n) is 3.56. The van der Waals surface area contributed by atoms with E-state index < -0.39 is 16.1 Å². The number of aromatic nitrogens is 3. The molecule has 154 valence electrons. The summed E-state index contributed by atoms with van der Waals surface area (Å²) in [6, 6.07) is 9.68. The van der Waals surface area contributed by atoms with Crippen molar-refractivity contribution in [2.45, 2.75) is 23.2 Å². The highest BCUT2D eigenvalue weighted by molar-refractivity contribution is 7.91. The zero-order valence-electron chi connectivity index (χ0n) is 15.5. The third-order valence-corrected chi connectivity index (χ3v) is 8.23. The Kier molecular flexibility index (Phi) is 4.73. The molecule has 0 saturated carbocycles. The smallest absolute Gasteiger partial charge is 0.250 e. The number of nitrogens with one attached hydrogen (secondary N) is 2. The highest BCUT2D eigenvalue weighted by Crippen LogP contribution is 2.29. The van der Waals surface area contributed by atoms with Gasteiger partial charge in [-0.05, 0) is 42.8 Å². The van der Waals surface area contributed by atoms with Gasteiger partial charge in [-0.2, -0.15) is 4.72 Å². The van der Waals surface area contributed by atoms with E-state index in [0.29, 0.717) is 34.9 Å². The average molecular weight is 462 g/mol. The molecule has 5 rings (SSSR count). The van der Waals surface area contributed by atoms with E-state index >= 15 is 0 Å². The zero-order valence-corrected chi connectivity index (χ0v) is 17.9. The Morgan fingerprint density at radius 2 is 2.13 bits per heavy atom. The number of halogens is 1. The van der Waals surface area contributed by atoms with Gasteiger partial charge in [0.05, 0.1) is 27.8 Å². The molecule has 1 atom stereocenters. The number of amides is 1. The molecule has 1 amide bonds. The highest BCUT2D eigenvalue weighted by Gasteiger charge is 2.35. The lowest BCUT2D eigenvalue weighted by Crippen LogP contribution is -2.41. The quantitative estimate of drug-likeness (QED) is 0.444. The highest BCUT2D eigenvalue weighted by atomic mass is 35.5. The number of carbonyl (C=O) groups is 1. The molecule has 4 aromatic rings. The number of rotatable bonds is 5. The average Bonchev–Trinajstić information content (AvgIpc) is 3.40. The van der Waals surface area contributed by atoms with Gasteiger partial charge in [-0.25, -0.2) is 13.4 Å². The molecule has 4 aromatic heterocycles. The van der Waals surface area contributed by atoms with Gasteiger partial charge in [-0.3, -0.25) is 9.78 Å². The number of H-pyrrole nitrogens is 1. The standard InChI is InChI=1S/C19H16ClN5O3S2/c20-17-4-3-16-15(23-17)9-18(29-16)30(27,28)24-13-5-7-25(19(13)26)10-11-8-14-12(22-11)2-1-6-21-14/h1-4,6,8-9,13,22,24H,5,7,10H2/t13-/m0/s1. The first-order valence-corrected chi connectivity index (χ1v) is 11.9. The monoisotopic (exact) mass is 461 g/mol. The van der Waals surface area contributed by atoms with Gasteiger partial charge in [0, 0.05) is 18.4 Å². The van der Waals surface area contributed by atoms with E-state index in [-0.39, 0.29) is 10.1 Å². The first kappa shape index (κ1) is 19.4. The maximum absolute atomic E-state index is 12.8. The van der Waals surface area contributed by atoms with Crippen LogP contribution in [0.25, 0.3) is 21.3 Å². The van der Waals surface area contributed by atoms with E-state index in [2.05, 4.69) is 19.7 Å². The van der Waals surface area contributed by atoms with Gasteiger partial charge in [0.25, 0.3) is 10.0 Å². The lowest BCUT2D eigenvalue weighted by atomic mass is 10.3. The van der Waals surface area contributed by atoms with Crippen LogP contribution >= 0.6 is 22.9 Å². The van der Waals surface area contributed by atoms with Crippen molar-refractivity contribution in [1.82, 2.24) is 24.6 Å². The number of pyridine rings is 2. The number of sulfonamides is 1. The number of nitrogens with zero attached hydrogens (tertiary/aromatic N) is 3. The number of aromatic amines is 1. The van der Waals surface area contributed by atoms with Crippen molar-refractivity contribution in [3.05, 3.63) is 53.4 Å². The minimum absolute atomic E-state index is 0.111. The first-order chi connectivity index (χ1) is 14.4. The summed E-state index contributed by atoms with van der Waals surface area (Å²) >= 11 is 6.97. The van der Waals surface area contributed by atoms with Crippen LogP contribution in [0.4, 0.5) is 0 Å². The summed E-state index contributed by atoms with van der Waals surface area (Å²) < 4.78 is 29.0. The molecule has 1 aliphatic rings. The van der Waals surface area contributed by atoms with Crippen molar-refractivity contribution < 1.29 is 13.2 Å². The van der Waals surface area contributed by atoms with E-state index in [1.165, 1.54) is 6.07 Å². The summed E-state index contributed by atoms with van der Waals surface area (Å²) in [4.78, 5) is 26.1. The third kappa shape index (κ3) is 3.56. The van der Waals surface area contributed by atoms with Crippen LogP contribution in [0.1, 0.15) is 12.1 Å². The number of fused-ring (bicyclic) bond motifs is 2. The number of hydrogen-bond acceptors (Lipinski definition) is 6. The van der Waals surface area contributed by atoms with Gasteiger partial charge >= 0.3 is 0 Å². The fraction of sp³-hybridized carbons (Fsp3) is 0.211. The molecule has 5 heterocycles. The number of hydrogen-bond donors (Lipinski definition) is 2.